The van der Waals surface area contributed by atoms with Gasteiger partial charge in [-0.1, -0.05) is 6.92 Å². The molecular formula is C5H17N3OSi. The van der Waals surface area contributed by atoms with E-state index in [9.17, 15) is 0 Å². The Bertz CT molecular complexity index is 94.9. The van der Waals surface area contributed by atoms with E-state index in [0.717, 1.165) is 6.42 Å². The molecule has 0 aromatic heterocycles. The molecule has 0 heterocycles. The predicted molar refractivity (Wildman–Crippen MR) is 45.3 cm³/mol. The molecule has 0 amide bonds. The van der Waals surface area contributed by atoms with E-state index in [0.29, 0.717) is 10.5 Å². The van der Waals surface area contributed by atoms with Crippen molar-refractivity contribution >= 4 is 10.5 Å². The maximum absolute atomic E-state index is 5.63. The minimum absolute atomic E-state index is 0.0934. The smallest absolute Gasteiger partial charge is 0.146 e. The van der Waals surface area contributed by atoms with E-state index in [-0.39, 0.29) is 12.6 Å². The van der Waals surface area contributed by atoms with Crippen LogP contribution in [0.25, 0.3) is 0 Å². The fourth-order valence-corrected chi connectivity index (χ4v) is 1.67. The highest BCUT2D eigenvalue weighted by Crippen LogP contribution is 2.05. The summed E-state index contributed by atoms with van der Waals surface area (Å²) in [6.07, 6.45) is 0.720. The normalized spacial score (nSPS) is 15.6. The first-order chi connectivity index (χ1) is 4.58. The van der Waals surface area contributed by atoms with Crippen molar-refractivity contribution in [3.8, 4) is 0 Å². The van der Waals surface area contributed by atoms with Crippen LogP contribution in [0.15, 0.2) is 0 Å². The molecule has 0 fully saturated rings. The highest BCUT2D eigenvalue weighted by molar-refractivity contribution is 5.98. The molecule has 0 radical (unpaired) electrons. The Morgan fingerprint density at radius 1 is 1.60 bits per heavy atom. The van der Waals surface area contributed by atoms with E-state index < -0.39 is 5.66 Å². The molecule has 0 rings (SSSR count). The second-order valence-electron chi connectivity index (χ2n) is 2.45. The quantitative estimate of drug-likeness (QED) is 0.319. The second-order valence-corrected chi connectivity index (χ2v) is 2.92. The Morgan fingerprint density at radius 3 is 2.20 bits per heavy atom. The standard InChI is InChI=1S/C5H17N3OSi/c1-2-4(9-10)5(7,8)3-6/h4H,2-3,6-8H2,1,10H3. The van der Waals surface area contributed by atoms with Crippen molar-refractivity contribution in [1.29, 1.82) is 0 Å². The maximum atomic E-state index is 5.63. The summed E-state index contributed by atoms with van der Waals surface area (Å²) >= 11 is 0. The Balaban J connectivity index is 3.97. The van der Waals surface area contributed by atoms with Crippen molar-refractivity contribution < 1.29 is 4.43 Å². The van der Waals surface area contributed by atoms with Crippen molar-refractivity contribution in [2.75, 3.05) is 6.54 Å². The van der Waals surface area contributed by atoms with E-state index in [4.69, 9.17) is 21.6 Å². The molecule has 62 valence electrons. The summed E-state index contributed by atoms with van der Waals surface area (Å²) in [6.45, 7) is 2.24. The lowest BCUT2D eigenvalue weighted by Gasteiger charge is -2.31. The molecule has 0 aliphatic heterocycles. The van der Waals surface area contributed by atoms with Crippen LogP contribution in [0.3, 0.4) is 0 Å². The fourth-order valence-electron chi connectivity index (χ4n) is 0.898. The molecule has 0 spiro atoms. The first-order valence-corrected chi connectivity index (χ1v) is 4.20. The van der Waals surface area contributed by atoms with Gasteiger partial charge in [-0.2, -0.15) is 0 Å². The van der Waals surface area contributed by atoms with Gasteiger partial charge in [-0.3, -0.25) is 0 Å². The molecule has 10 heavy (non-hydrogen) atoms. The average Bonchev–Trinajstić information content (AvgIpc) is 1.90. The van der Waals surface area contributed by atoms with Gasteiger partial charge < -0.3 is 21.6 Å². The molecule has 0 saturated heterocycles. The van der Waals surface area contributed by atoms with Crippen molar-refractivity contribution in [2.45, 2.75) is 25.1 Å². The molecule has 1 unspecified atom stereocenters. The number of hydrogen-bond donors (Lipinski definition) is 3. The Hall–Kier alpha value is 0.0569. The maximum Gasteiger partial charge on any atom is 0.146 e. The molecule has 0 aromatic rings. The van der Waals surface area contributed by atoms with Gasteiger partial charge >= 0.3 is 0 Å². The zero-order valence-corrected chi connectivity index (χ0v) is 8.63. The van der Waals surface area contributed by atoms with Gasteiger partial charge in [0.05, 0.1) is 6.10 Å². The Kier molecular flexibility index (Phi) is 4.07. The summed E-state index contributed by atoms with van der Waals surface area (Å²) in [5, 5.41) is 0. The van der Waals surface area contributed by atoms with Gasteiger partial charge in [0.25, 0.3) is 0 Å². The summed E-state index contributed by atoms with van der Waals surface area (Å²) in [5.41, 5.74) is 15.8. The van der Waals surface area contributed by atoms with Crippen LogP contribution in [-0.4, -0.2) is 28.8 Å². The van der Waals surface area contributed by atoms with Gasteiger partial charge in [-0.15, -0.1) is 0 Å². The van der Waals surface area contributed by atoms with Crippen LogP contribution in [0, 0.1) is 0 Å². The minimum atomic E-state index is -0.851. The zero-order valence-electron chi connectivity index (χ0n) is 6.63. The zero-order chi connectivity index (χ0) is 8.20. The molecule has 0 bridgehead atoms. The molecule has 0 aromatic carbocycles. The molecule has 1 atom stereocenters. The van der Waals surface area contributed by atoms with E-state index in [1.807, 2.05) is 6.92 Å². The number of rotatable bonds is 4. The lowest BCUT2D eigenvalue weighted by atomic mass is 10.0. The van der Waals surface area contributed by atoms with Crippen LogP contribution in [0.2, 0.25) is 0 Å². The third-order valence-electron chi connectivity index (χ3n) is 1.61. The van der Waals surface area contributed by atoms with Gasteiger partial charge in [0, 0.05) is 6.54 Å². The first kappa shape index (κ1) is 10.1. The third-order valence-corrected chi connectivity index (χ3v) is 2.18. The molecule has 4 nitrogen and oxygen atoms in total. The van der Waals surface area contributed by atoms with Gasteiger partial charge in [-0.05, 0) is 6.42 Å². The van der Waals surface area contributed by atoms with Gasteiger partial charge in [0.1, 0.15) is 16.1 Å². The number of hydrogen-bond acceptors (Lipinski definition) is 4. The lowest BCUT2D eigenvalue weighted by molar-refractivity contribution is 0.123. The van der Waals surface area contributed by atoms with Crippen LogP contribution in [0.1, 0.15) is 13.3 Å². The van der Waals surface area contributed by atoms with E-state index in [2.05, 4.69) is 0 Å². The average molecular weight is 163 g/mol. The third kappa shape index (κ3) is 2.35. The first-order valence-electron chi connectivity index (χ1n) is 3.39. The van der Waals surface area contributed by atoms with Crippen LogP contribution in [0.5, 0.6) is 0 Å². The van der Waals surface area contributed by atoms with Crippen LogP contribution in [-0.2, 0) is 4.43 Å². The van der Waals surface area contributed by atoms with Gasteiger partial charge in [0.15, 0.2) is 0 Å². The predicted octanol–water partition coefficient (Wildman–Crippen LogP) is -2.37. The monoisotopic (exact) mass is 163 g/mol. The summed E-state index contributed by atoms with van der Waals surface area (Å²) in [4.78, 5) is 0. The summed E-state index contributed by atoms with van der Waals surface area (Å²) in [7, 11) is 0.652. The van der Waals surface area contributed by atoms with Crippen molar-refractivity contribution in [3.63, 3.8) is 0 Å². The summed E-state index contributed by atoms with van der Waals surface area (Å²) in [6, 6.07) is 0. The van der Waals surface area contributed by atoms with E-state index in [1.165, 1.54) is 0 Å². The van der Waals surface area contributed by atoms with Crippen LogP contribution < -0.4 is 17.2 Å². The number of nitrogens with two attached hydrogens (primary N) is 3. The van der Waals surface area contributed by atoms with Gasteiger partial charge in [0.2, 0.25) is 0 Å². The van der Waals surface area contributed by atoms with Crippen molar-refractivity contribution in [3.05, 3.63) is 0 Å². The fraction of sp³-hybridized carbons (Fsp3) is 1.00. The lowest BCUT2D eigenvalue weighted by Crippen LogP contribution is -2.64. The van der Waals surface area contributed by atoms with Crippen molar-refractivity contribution in [1.82, 2.24) is 0 Å². The molecule has 5 heteroatoms. The highest BCUT2D eigenvalue weighted by Gasteiger charge is 2.26. The molecule has 6 N–H and O–H groups in total. The molecule has 0 saturated carbocycles. The van der Waals surface area contributed by atoms with Crippen LogP contribution in [0.4, 0.5) is 0 Å². The highest BCUT2D eigenvalue weighted by atomic mass is 28.2. The Morgan fingerprint density at radius 2 is 2.10 bits per heavy atom. The van der Waals surface area contributed by atoms with E-state index in [1.54, 1.807) is 0 Å². The Labute approximate surface area is 64.6 Å². The molecular weight excluding hydrogens is 146 g/mol. The summed E-state index contributed by atoms with van der Waals surface area (Å²) in [5.74, 6) is 0. The van der Waals surface area contributed by atoms with Crippen molar-refractivity contribution in [2.24, 2.45) is 17.2 Å². The molecule has 0 aliphatic rings. The van der Waals surface area contributed by atoms with E-state index >= 15 is 0 Å². The minimum Gasteiger partial charge on any atom is -0.422 e. The SMILES string of the molecule is CCC(O[SiH3])C(N)(N)CN. The summed E-state index contributed by atoms with van der Waals surface area (Å²) < 4.78 is 5.16. The second kappa shape index (κ2) is 4.04. The molecule has 0 aliphatic carbocycles. The van der Waals surface area contributed by atoms with Crippen LogP contribution >= 0.6 is 0 Å². The van der Waals surface area contributed by atoms with Gasteiger partial charge in [-0.25, -0.2) is 0 Å². The topological polar surface area (TPSA) is 87.3 Å². The largest absolute Gasteiger partial charge is 0.422 e.